The van der Waals surface area contributed by atoms with Crippen LogP contribution in [0.15, 0.2) is 116 Å². The molecule has 59 heavy (non-hydrogen) atoms. The molecule has 0 fully saturated rings. The predicted molar refractivity (Wildman–Crippen MR) is 263 cm³/mol. The highest BCUT2D eigenvalue weighted by Gasteiger charge is 2.19. The highest BCUT2D eigenvalue weighted by atomic mass is 16.3. The van der Waals surface area contributed by atoms with Crippen molar-refractivity contribution in [2.45, 2.75) is 150 Å². The van der Waals surface area contributed by atoms with Crippen molar-refractivity contribution in [3.63, 3.8) is 0 Å². The van der Waals surface area contributed by atoms with E-state index in [0.717, 1.165) is 36.7 Å². The van der Waals surface area contributed by atoms with E-state index < -0.39 is 0 Å². The number of nitrogens with zero attached hydrogens (tertiary/aromatic N) is 1. The van der Waals surface area contributed by atoms with Crippen LogP contribution >= 0.6 is 0 Å². The molecule has 0 atom stereocenters. The van der Waals surface area contributed by atoms with E-state index in [9.17, 15) is 5.11 Å². The van der Waals surface area contributed by atoms with Gasteiger partial charge in [0.05, 0.1) is 6.33 Å². The van der Waals surface area contributed by atoms with Crippen LogP contribution in [0.25, 0.3) is 5.57 Å². The standard InChI is InChI=1S/C14H18.C11H16O.C11H16.C10H14.C8H14N2.2CH4/c1-14(2,3)10-12-9-8-11-6-4-5-7-13(11)12;1-8(2)6-10-5-4-9(3)11(12)7-10;1-9(2)8-11-6-4-10(3)5-7-11;1-9(2)8-10-6-4-3-5-7-10;1-8(2,3)4-7-5-9-6-10-7;;/h4-7,9H,8,10H2,1-3H3;4-5,7-8,12H,6H2,1-3H3;4-7,9H,8H2,1-3H3;3-7,9H,8H2,1-2H3;5-6H,4H2,1-3H3,(H,9,10);2*1H4. The van der Waals surface area contributed by atoms with Crippen molar-refractivity contribution in [1.29, 1.82) is 0 Å². The molecule has 0 saturated carbocycles. The Hall–Kier alpha value is -4.37. The number of aryl methyl sites for hydroxylation is 2. The lowest BCUT2D eigenvalue weighted by atomic mass is 9.86. The molecule has 5 aromatic rings. The number of aromatic hydroxyl groups is 1. The Kier molecular flexibility index (Phi) is 25.4. The fourth-order valence-corrected chi connectivity index (χ4v) is 6.58. The summed E-state index contributed by atoms with van der Waals surface area (Å²) in [6.07, 6.45) is 12.8. The molecular weight excluding hydrogens is 717 g/mol. The van der Waals surface area contributed by atoms with Gasteiger partial charge >= 0.3 is 0 Å². The third kappa shape index (κ3) is 25.0. The summed E-state index contributed by atoms with van der Waals surface area (Å²) < 4.78 is 0. The average molecular weight is 803 g/mol. The van der Waals surface area contributed by atoms with Crippen LogP contribution < -0.4 is 0 Å². The molecule has 3 heteroatoms. The zero-order valence-corrected chi connectivity index (χ0v) is 38.3. The van der Waals surface area contributed by atoms with Gasteiger partial charge in [-0.15, -0.1) is 0 Å². The minimum atomic E-state index is 0. The van der Waals surface area contributed by atoms with Gasteiger partial charge in [-0.2, -0.15) is 0 Å². The molecule has 4 aromatic carbocycles. The number of hydrogen-bond donors (Lipinski definition) is 2. The summed E-state index contributed by atoms with van der Waals surface area (Å²) in [5.74, 6) is 2.58. The highest BCUT2D eigenvalue weighted by molar-refractivity contribution is 5.73. The first kappa shape index (κ1) is 54.6. The zero-order valence-electron chi connectivity index (χ0n) is 38.3. The summed E-state index contributed by atoms with van der Waals surface area (Å²) in [5.41, 5.74) is 12.9. The second-order valence-corrected chi connectivity index (χ2v) is 19.5. The summed E-state index contributed by atoms with van der Waals surface area (Å²) in [7, 11) is 0. The maximum atomic E-state index is 9.41. The Morgan fingerprint density at radius 2 is 1.10 bits per heavy atom. The molecule has 0 amide bonds. The number of phenolic OH excluding ortho intramolecular Hbond substituents is 1. The van der Waals surface area contributed by atoms with E-state index in [4.69, 9.17) is 0 Å². The van der Waals surface area contributed by atoms with Gasteiger partial charge in [-0.3, -0.25) is 0 Å². The second kappa shape index (κ2) is 27.4. The van der Waals surface area contributed by atoms with E-state index in [1.54, 1.807) is 6.33 Å². The van der Waals surface area contributed by atoms with Crippen molar-refractivity contribution in [3.8, 4) is 5.75 Å². The van der Waals surface area contributed by atoms with Crippen LogP contribution in [0.4, 0.5) is 0 Å². The van der Waals surface area contributed by atoms with Crippen LogP contribution in [0.1, 0.15) is 149 Å². The van der Waals surface area contributed by atoms with Gasteiger partial charge in [-0.05, 0) is 126 Å². The van der Waals surface area contributed by atoms with E-state index in [-0.39, 0.29) is 14.9 Å². The number of H-pyrrole nitrogens is 1. The molecule has 6 rings (SSSR count). The smallest absolute Gasteiger partial charge is 0.118 e. The predicted octanol–water partition coefficient (Wildman–Crippen LogP) is 16.3. The van der Waals surface area contributed by atoms with Crippen LogP contribution in [-0.2, 0) is 32.1 Å². The molecule has 3 nitrogen and oxygen atoms in total. The van der Waals surface area contributed by atoms with Crippen molar-refractivity contribution in [2.24, 2.45) is 28.6 Å². The van der Waals surface area contributed by atoms with Crippen LogP contribution in [0.5, 0.6) is 5.75 Å². The maximum Gasteiger partial charge on any atom is 0.118 e. The zero-order chi connectivity index (χ0) is 42.6. The van der Waals surface area contributed by atoms with Gasteiger partial charge in [0, 0.05) is 11.9 Å². The Labute approximate surface area is 364 Å². The third-order valence-corrected chi connectivity index (χ3v) is 9.10. The number of hydrogen-bond acceptors (Lipinski definition) is 2. The number of allylic oxidation sites excluding steroid dienone is 2. The van der Waals surface area contributed by atoms with Gasteiger partial charge in [0.25, 0.3) is 0 Å². The summed E-state index contributed by atoms with van der Waals surface area (Å²) >= 11 is 0. The lowest BCUT2D eigenvalue weighted by molar-refractivity contribution is 0.407. The van der Waals surface area contributed by atoms with Crippen LogP contribution in [0.3, 0.4) is 0 Å². The molecule has 0 spiro atoms. The molecule has 326 valence electrons. The maximum absolute atomic E-state index is 9.41. The summed E-state index contributed by atoms with van der Waals surface area (Å²) in [4.78, 5) is 7.03. The number of aromatic nitrogens is 2. The molecule has 1 aliphatic rings. The van der Waals surface area contributed by atoms with E-state index in [2.05, 4.69) is 191 Å². The monoisotopic (exact) mass is 803 g/mol. The number of nitrogens with one attached hydrogen (secondary N) is 1. The Balaban J connectivity index is 0.000000711. The van der Waals surface area contributed by atoms with Crippen molar-refractivity contribution in [1.82, 2.24) is 9.97 Å². The number of benzene rings is 4. The number of phenols is 1. The first-order valence-electron chi connectivity index (χ1n) is 21.3. The van der Waals surface area contributed by atoms with Crippen molar-refractivity contribution < 1.29 is 5.11 Å². The Morgan fingerprint density at radius 3 is 1.59 bits per heavy atom. The molecule has 1 aliphatic carbocycles. The Morgan fingerprint density at radius 1 is 0.610 bits per heavy atom. The van der Waals surface area contributed by atoms with Crippen molar-refractivity contribution in [3.05, 3.63) is 160 Å². The molecule has 2 N–H and O–H groups in total. The van der Waals surface area contributed by atoms with Gasteiger partial charge in [0.15, 0.2) is 0 Å². The molecule has 0 aliphatic heterocycles. The molecular formula is C56H86N2O. The fraction of sp³-hybridized carbons (Fsp3) is 0.482. The second-order valence-electron chi connectivity index (χ2n) is 19.5. The Bertz CT molecular complexity index is 1830. The van der Waals surface area contributed by atoms with E-state index >= 15 is 0 Å². The SMILES string of the molecule is C.C.CC(C)(C)CC1=CCc2ccccc21.CC(C)(C)Cc1cnc[nH]1.CC(C)Cc1ccccc1.Cc1ccc(CC(C)C)cc1.Cc1ccc(CC(C)C)cc1O. The molecule has 1 aromatic heterocycles. The van der Waals surface area contributed by atoms with Gasteiger partial charge in [-0.25, -0.2) is 4.98 Å². The highest BCUT2D eigenvalue weighted by Crippen LogP contribution is 2.36. The molecule has 0 radical (unpaired) electrons. The molecule has 0 unspecified atom stereocenters. The molecule has 1 heterocycles. The van der Waals surface area contributed by atoms with Crippen molar-refractivity contribution >= 4 is 5.57 Å². The normalized spacial score (nSPS) is 11.5. The fourth-order valence-electron chi connectivity index (χ4n) is 6.58. The minimum absolute atomic E-state index is 0. The average Bonchev–Trinajstić information content (AvgIpc) is 3.77. The summed E-state index contributed by atoms with van der Waals surface area (Å²) in [6, 6.07) is 34.1. The third-order valence-electron chi connectivity index (χ3n) is 9.10. The number of fused-ring (bicyclic) bond motifs is 1. The summed E-state index contributed by atoms with van der Waals surface area (Å²) in [6.45, 7) is 30.9. The van der Waals surface area contributed by atoms with E-state index in [1.807, 2.05) is 25.3 Å². The van der Waals surface area contributed by atoms with Crippen molar-refractivity contribution in [2.75, 3.05) is 0 Å². The quantitative estimate of drug-likeness (QED) is 0.164. The lowest BCUT2D eigenvalue weighted by Gasteiger charge is -2.19. The van der Waals surface area contributed by atoms with Gasteiger partial charge in [0.2, 0.25) is 0 Å². The number of aromatic amines is 1. The van der Waals surface area contributed by atoms with E-state index in [1.165, 1.54) is 63.9 Å². The number of imidazole rings is 1. The summed E-state index contributed by atoms with van der Waals surface area (Å²) in [5, 5.41) is 9.41. The van der Waals surface area contributed by atoms with Gasteiger partial charge in [0.1, 0.15) is 5.75 Å². The minimum Gasteiger partial charge on any atom is -0.508 e. The topological polar surface area (TPSA) is 48.9 Å². The first-order chi connectivity index (χ1) is 26.7. The van der Waals surface area contributed by atoms with Crippen LogP contribution in [0.2, 0.25) is 0 Å². The van der Waals surface area contributed by atoms with E-state index in [0.29, 0.717) is 22.5 Å². The first-order valence-corrected chi connectivity index (χ1v) is 21.3. The largest absolute Gasteiger partial charge is 0.508 e. The number of rotatable bonds is 8. The van der Waals surface area contributed by atoms with Crippen LogP contribution in [-0.4, -0.2) is 15.1 Å². The van der Waals surface area contributed by atoms with Crippen LogP contribution in [0, 0.1) is 42.4 Å². The lowest BCUT2D eigenvalue weighted by Crippen LogP contribution is -2.09. The van der Waals surface area contributed by atoms with Gasteiger partial charge < -0.3 is 10.1 Å². The molecule has 0 saturated heterocycles. The molecule has 0 bridgehead atoms. The van der Waals surface area contributed by atoms with Gasteiger partial charge in [-0.1, -0.05) is 201 Å².